The van der Waals surface area contributed by atoms with Crippen LogP contribution in [0.3, 0.4) is 0 Å². The molecule has 0 aliphatic carbocycles. The second-order valence-electron chi connectivity index (χ2n) is 2.19. The SMILES string of the molecule is C=CCOCC=C.CCCCO. The van der Waals surface area contributed by atoms with Gasteiger partial charge in [-0.3, -0.25) is 0 Å². The maximum atomic E-state index is 8.07. The van der Waals surface area contributed by atoms with E-state index in [2.05, 4.69) is 20.1 Å². The minimum atomic E-state index is 0.344. The predicted octanol–water partition coefficient (Wildman–Crippen LogP) is 2.15. The summed E-state index contributed by atoms with van der Waals surface area (Å²) in [5.41, 5.74) is 0. The molecule has 0 amide bonds. The number of hydrogen-bond donors (Lipinski definition) is 1. The van der Waals surface area contributed by atoms with Crippen LogP contribution in [0, 0.1) is 0 Å². The third-order valence-corrected chi connectivity index (χ3v) is 0.983. The number of aliphatic hydroxyl groups is 1. The fourth-order valence-electron chi connectivity index (χ4n) is 0.393. The van der Waals surface area contributed by atoms with Crippen molar-refractivity contribution >= 4 is 0 Å². The molecule has 0 aromatic rings. The van der Waals surface area contributed by atoms with E-state index in [-0.39, 0.29) is 0 Å². The lowest BCUT2D eigenvalue weighted by Crippen LogP contribution is -1.87. The molecule has 0 saturated heterocycles. The summed E-state index contributed by atoms with van der Waals surface area (Å²) in [6.45, 7) is 10.6. The lowest BCUT2D eigenvalue weighted by atomic mass is 10.4. The molecule has 0 spiro atoms. The Morgan fingerprint density at radius 3 is 1.92 bits per heavy atom. The highest BCUT2D eigenvalue weighted by atomic mass is 16.5. The topological polar surface area (TPSA) is 29.5 Å². The summed E-state index contributed by atoms with van der Waals surface area (Å²) in [6.07, 6.45) is 5.46. The molecule has 0 unspecified atom stereocenters. The fourth-order valence-corrected chi connectivity index (χ4v) is 0.393. The summed E-state index contributed by atoms with van der Waals surface area (Å²) in [7, 11) is 0. The molecular formula is C10H20O2. The van der Waals surface area contributed by atoms with Crippen LogP contribution in [-0.4, -0.2) is 24.9 Å². The van der Waals surface area contributed by atoms with Gasteiger partial charge in [-0.05, 0) is 6.42 Å². The molecule has 0 aliphatic rings. The first-order valence-electron chi connectivity index (χ1n) is 4.23. The minimum Gasteiger partial charge on any atom is -0.396 e. The van der Waals surface area contributed by atoms with Gasteiger partial charge < -0.3 is 9.84 Å². The van der Waals surface area contributed by atoms with Crippen LogP contribution in [0.4, 0.5) is 0 Å². The van der Waals surface area contributed by atoms with Gasteiger partial charge in [-0.15, -0.1) is 13.2 Å². The zero-order valence-electron chi connectivity index (χ0n) is 7.96. The Balaban J connectivity index is 0. The van der Waals surface area contributed by atoms with Crippen molar-refractivity contribution in [3.05, 3.63) is 25.3 Å². The van der Waals surface area contributed by atoms with E-state index in [9.17, 15) is 0 Å². The van der Waals surface area contributed by atoms with Crippen LogP contribution in [0.2, 0.25) is 0 Å². The van der Waals surface area contributed by atoms with Gasteiger partial charge in [-0.1, -0.05) is 25.5 Å². The number of unbranched alkanes of at least 4 members (excludes halogenated alkanes) is 1. The molecule has 0 atom stereocenters. The van der Waals surface area contributed by atoms with Crippen LogP contribution in [0.15, 0.2) is 25.3 Å². The van der Waals surface area contributed by atoms with Crippen LogP contribution in [-0.2, 0) is 4.74 Å². The van der Waals surface area contributed by atoms with Gasteiger partial charge in [-0.25, -0.2) is 0 Å². The molecule has 0 saturated carbocycles. The second kappa shape index (κ2) is 16.8. The van der Waals surface area contributed by atoms with E-state index < -0.39 is 0 Å². The summed E-state index contributed by atoms with van der Waals surface area (Å²) >= 11 is 0. The van der Waals surface area contributed by atoms with Gasteiger partial charge in [0, 0.05) is 6.61 Å². The van der Waals surface area contributed by atoms with Gasteiger partial charge in [-0.2, -0.15) is 0 Å². The average molecular weight is 172 g/mol. The van der Waals surface area contributed by atoms with E-state index in [0.29, 0.717) is 19.8 Å². The van der Waals surface area contributed by atoms with E-state index in [1.165, 1.54) is 0 Å². The van der Waals surface area contributed by atoms with E-state index in [1.807, 2.05) is 0 Å². The average Bonchev–Trinajstić information content (AvgIpc) is 2.08. The Morgan fingerprint density at radius 2 is 1.75 bits per heavy atom. The molecule has 0 fully saturated rings. The Hall–Kier alpha value is -0.600. The highest BCUT2D eigenvalue weighted by molar-refractivity contribution is 4.68. The molecule has 12 heavy (non-hydrogen) atoms. The Bertz CT molecular complexity index is 79.8. The maximum absolute atomic E-state index is 8.07. The van der Waals surface area contributed by atoms with E-state index in [4.69, 9.17) is 9.84 Å². The largest absolute Gasteiger partial charge is 0.396 e. The van der Waals surface area contributed by atoms with Crippen LogP contribution < -0.4 is 0 Å². The van der Waals surface area contributed by atoms with Crippen molar-refractivity contribution in [2.45, 2.75) is 19.8 Å². The second-order valence-corrected chi connectivity index (χ2v) is 2.19. The normalized spacial score (nSPS) is 8.17. The quantitative estimate of drug-likeness (QED) is 0.491. The van der Waals surface area contributed by atoms with Crippen molar-refractivity contribution in [2.75, 3.05) is 19.8 Å². The molecular weight excluding hydrogens is 152 g/mol. The first-order valence-corrected chi connectivity index (χ1v) is 4.23. The molecule has 2 nitrogen and oxygen atoms in total. The lowest BCUT2D eigenvalue weighted by molar-refractivity contribution is 0.194. The van der Waals surface area contributed by atoms with Crippen LogP contribution in [0.25, 0.3) is 0 Å². The molecule has 2 heteroatoms. The van der Waals surface area contributed by atoms with Crippen molar-refractivity contribution < 1.29 is 9.84 Å². The van der Waals surface area contributed by atoms with Gasteiger partial charge in [0.05, 0.1) is 13.2 Å². The van der Waals surface area contributed by atoms with Crippen molar-refractivity contribution in [1.82, 2.24) is 0 Å². The standard InChI is InChI=1S/C6H10O.C4H10O/c1-3-5-7-6-4-2;1-2-3-4-5/h3-4H,1-2,5-6H2;5H,2-4H2,1H3. The maximum Gasteiger partial charge on any atom is 0.0649 e. The Morgan fingerprint density at radius 1 is 1.25 bits per heavy atom. The smallest absolute Gasteiger partial charge is 0.0649 e. The summed E-state index contributed by atoms with van der Waals surface area (Å²) in [5.74, 6) is 0. The van der Waals surface area contributed by atoms with Gasteiger partial charge in [0.25, 0.3) is 0 Å². The third kappa shape index (κ3) is 22.7. The third-order valence-electron chi connectivity index (χ3n) is 0.983. The minimum absolute atomic E-state index is 0.344. The number of aliphatic hydroxyl groups excluding tert-OH is 1. The first-order chi connectivity index (χ1) is 5.83. The van der Waals surface area contributed by atoms with Crippen molar-refractivity contribution in [1.29, 1.82) is 0 Å². The Labute approximate surface area is 75.6 Å². The first kappa shape index (κ1) is 14.0. The summed E-state index contributed by atoms with van der Waals surface area (Å²) in [4.78, 5) is 0. The molecule has 0 bridgehead atoms. The highest BCUT2D eigenvalue weighted by Gasteiger charge is 1.71. The van der Waals surface area contributed by atoms with Gasteiger partial charge in [0.2, 0.25) is 0 Å². The molecule has 72 valence electrons. The summed E-state index contributed by atoms with van der Waals surface area (Å²) in [6, 6.07) is 0. The molecule has 0 heterocycles. The van der Waals surface area contributed by atoms with Crippen LogP contribution in [0.5, 0.6) is 0 Å². The zero-order chi connectivity index (χ0) is 9.66. The molecule has 0 rings (SSSR count). The highest BCUT2D eigenvalue weighted by Crippen LogP contribution is 1.78. The number of ether oxygens (including phenoxy) is 1. The fraction of sp³-hybridized carbons (Fsp3) is 0.600. The molecule has 0 aliphatic heterocycles. The molecule has 0 aromatic carbocycles. The zero-order valence-corrected chi connectivity index (χ0v) is 7.96. The van der Waals surface area contributed by atoms with Crippen molar-refractivity contribution in [3.8, 4) is 0 Å². The summed E-state index contributed by atoms with van der Waals surface area (Å²) in [5, 5.41) is 8.07. The van der Waals surface area contributed by atoms with Crippen molar-refractivity contribution in [2.24, 2.45) is 0 Å². The molecule has 0 radical (unpaired) electrons. The van der Waals surface area contributed by atoms with Crippen LogP contribution in [0.1, 0.15) is 19.8 Å². The molecule has 1 N–H and O–H groups in total. The predicted molar refractivity (Wildman–Crippen MR) is 53.2 cm³/mol. The van der Waals surface area contributed by atoms with E-state index in [1.54, 1.807) is 12.2 Å². The number of rotatable bonds is 6. The van der Waals surface area contributed by atoms with Gasteiger partial charge in [0.1, 0.15) is 0 Å². The Kier molecular flexibility index (Phi) is 19.5. The van der Waals surface area contributed by atoms with E-state index >= 15 is 0 Å². The van der Waals surface area contributed by atoms with Gasteiger partial charge >= 0.3 is 0 Å². The molecule has 0 aromatic heterocycles. The van der Waals surface area contributed by atoms with Crippen molar-refractivity contribution in [3.63, 3.8) is 0 Å². The van der Waals surface area contributed by atoms with Gasteiger partial charge in [0.15, 0.2) is 0 Å². The van der Waals surface area contributed by atoms with E-state index in [0.717, 1.165) is 12.8 Å². The lowest BCUT2D eigenvalue weighted by Gasteiger charge is -1.89. The number of hydrogen-bond acceptors (Lipinski definition) is 2. The monoisotopic (exact) mass is 172 g/mol. The summed E-state index contributed by atoms with van der Waals surface area (Å²) < 4.78 is 4.90. The van der Waals surface area contributed by atoms with Crippen LogP contribution >= 0.6 is 0 Å².